The zero-order valence-corrected chi connectivity index (χ0v) is 12.8. The molecule has 0 aliphatic carbocycles. The maximum atomic E-state index is 6.04. The van der Waals surface area contributed by atoms with Crippen molar-refractivity contribution in [3.05, 3.63) is 51.8 Å². The summed E-state index contributed by atoms with van der Waals surface area (Å²) in [4.78, 5) is 10.1. The van der Waals surface area contributed by atoms with Crippen LogP contribution >= 0.6 is 27.5 Å². The van der Waals surface area contributed by atoms with Crippen LogP contribution in [0.2, 0.25) is 5.15 Å². The molecule has 1 aromatic carbocycles. The van der Waals surface area contributed by atoms with Crippen LogP contribution < -0.4 is 0 Å². The van der Waals surface area contributed by atoms with E-state index in [4.69, 9.17) is 11.6 Å². The molecular formula is C13H9BrClN5. The van der Waals surface area contributed by atoms with Crippen LogP contribution in [0, 0.1) is 6.92 Å². The minimum atomic E-state index is 0.363. The van der Waals surface area contributed by atoms with Gasteiger partial charge in [0.25, 0.3) is 0 Å². The summed E-state index contributed by atoms with van der Waals surface area (Å²) in [5.41, 5.74) is 2.21. The predicted octanol–water partition coefficient (Wildman–Crippen LogP) is 3.45. The fourth-order valence-electron chi connectivity index (χ4n) is 1.69. The van der Waals surface area contributed by atoms with Crippen LogP contribution in [0.1, 0.15) is 5.69 Å². The minimum absolute atomic E-state index is 0.363. The van der Waals surface area contributed by atoms with Crippen LogP contribution in [-0.4, -0.2) is 25.0 Å². The number of nitrogens with zero attached hydrogens (tertiary/aromatic N) is 5. The average Bonchev–Trinajstić information content (AvgIpc) is 2.95. The van der Waals surface area contributed by atoms with Crippen molar-refractivity contribution in [1.82, 2.24) is 25.0 Å². The molecule has 2 heterocycles. The number of hydrogen-bond donors (Lipinski definition) is 0. The monoisotopic (exact) mass is 349 g/mol. The number of aromatic nitrogens is 5. The molecule has 0 unspecified atom stereocenters. The summed E-state index contributed by atoms with van der Waals surface area (Å²) in [6.45, 7) is 1.85. The molecule has 0 atom stereocenters. The maximum absolute atomic E-state index is 6.04. The molecule has 0 bridgehead atoms. The summed E-state index contributed by atoms with van der Waals surface area (Å²) in [6.07, 6.45) is 1.62. The molecule has 0 amide bonds. The Labute approximate surface area is 128 Å². The Morgan fingerprint density at radius 2 is 1.90 bits per heavy atom. The zero-order valence-electron chi connectivity index (χ0n) is 10.5. The van der Waals surface area contributed by atoms with Gasteiger partial charge in [-0.1, -0.05) is 29.8 Å². The highest BCUT2D eigenvalue weighted by atomic mass is 79.9. The second-order valence-corrected chi connectivity index (χ2v) is 5.24. The second kappa shape index (κ2) is 5.30. The second-order valence-electron chi connectivity index (χ2n) is 4.09. The zero-order chi connectivity index (χ0) is 14.1. The van der Waals surface area contributed by atoms with Gasteiger partial charge in [-0.2, -0.15) is 9.90 Å². The van der Waals surface area contributed by atoms with E-state index in [-0.39, 0.29) is 0 Å². The molecule has 2 aromatic heterocycles. The van der Waals surface area contributed by atoms with Crippen LogP contribution in [0.15, 0.2) is 41.0 Å². The van der Waals surface area contributed by atoms with Gasteiger partial charge in [0.2, 0.25) is 0 Å². The predicted molar refractivity (Wildman–Crippen MR) is 79.8 cm³/mol. The Balaban J connectivity index is 2.03. The van der Waals surface area contributed by atoms with Gasteiger partial charge in [-0.15, -0.1) is 5.10 Å². The van der Waals surface area contributed by atoms with Crippen LogP contribution in [-0.2, 0) is 0 Å². The standard InChI is InChI=1S/C13H9BrClN5/c1-8-11(14)12(15)18-13(17-8)10-7-16-20(19-10)9-5-3-2-4-6-9/h2-7H,1H3. The SMILES string of the molecule is Cc1nc(-c2cnn(-c3ccccc3)n2)nc(Cl)c1Br. The van der Waals surface area contributed by atoms with E-state index in [0.29, 0.717) is 21.1 Å². The quantitative estimate of drug-likeness (QED) is 0.664. The fourth-order valence-corrected chi connectivity index (χ4v) is 2.08. The molecule has 100 valence electrons. The number of hydrogen-bond acceptors (Lipinski definition) is 4. The molecular weight excluding hydrogens is 342 g/mol. The van der Waals surface area contributed by atoms with Crippen molar-refractivity contribution in [2.75, 3.05) is 0 Å². The van der Waals surface area contributed by atoms with E-state index in [1.807, 2.05) is 37.3 Å². The average molecular weight is 351 g/mol. The van der Waals surface area contributed by atoms with Gasteiger partial charge in [0.15, 0.2) is 11.5 Å². The van der Waals surface area contributed by atoms with Gasteiger partial charge in [-0.25, -0.2) is 9.97 Å². The topological polar surface area (TPSA) is 56.5 Å². The smallest absolute Gasteiger partial charge is 0.183 e. The first-order valence-corrected chi connectivity index (χ1v) is 7.00. The van der Waals surface area contributed by atoms with E-state index in [0.717, 1.165) is 11.4 Å². The molecule has 0 saturated heterocycles. The number of benzene rings is 1. The molecule has 0 spiro atoms. The summed E-state index contributed by atoms with van der Waals surface area (Å²) in [5.74, 6) is 0.456. The largest absolute Gasteiger partial charge is 0.231 e. The van der Waals surface area contributed by atoms with Crippen molar-refractivity contribution in [2.45, 2.75) is 6.92 Å². The first-order valence-electron chi connectivity index (χ1n) is 5.83. The highest BCUT2D eigenvalue weighted by molar-refractivity contribution is 9.10. The lowest BCUT2D eigenvalue weighted by atomic mass is 10.3. The summed E-state index contributed by atoms with van der Waals surface area (Å²) in [5, 5.41) is 8.95. The number of rotatable bonds is 2. The van der Waals surface area contributed by atoms with Crippen molar-refractivity contribution in [2.24, 2.45) is 0 Å². The van der Waals surface area contributed by atoms with Crippen LogP contribution in [0.3, 0.4) is 0 Å². The molecule has 0 N–H and O–H groups in total. The van der Waals surface area contributed by atoms with Gasteiger partial charge in [0.05, 0.1) is 22.1 Å². The first kappa shape index (κ1) is 13.2. The molecule has 0 saturated carbocycles. The Morgan fingerprint density at radius 3 is 2.60 bits per heavy atom. The van der Waals surface area contributed by atoms with Crippen molar-refractivity contribution < 1.29 is 0 Å². The molecule has 3 aromatic rings. The summed E-state index contributed by atoms with van der Waals surface area (Å²) < 4.78 is 0.693. The summed E-state index contributed by atoms with van der Waals surface area (Å²) >= 11 is 9.37. The third kappa shape index (κ3) is 2.44. The van der Waals surface area contributed by atoms with Crippen LogP contribution in [0.5, 0.6) is 0 Å². The Hall–Kier alpha value is -1.79. The lowest BCUT2D eigenvalue weighted by Crippen LogP contribution is -1.99. The van der Waals surface area contributed by atoms with Gasteiger partial charge >= 0.3 is 0 Å². The van der Waals surface area contributed by atoms with E-state index in [2.05, 4.69) is 36.1 Å². The van der Waals surface area contributed by atoms with Crippen molar-refractivity contribution in [3.8, 4) is 17.2 Å². The van der Waals surface area contributed by atoms with Crippen LogP contribution in [0.4, 0.5) is 0 Å². The Kier molecular flexibility index (Phi) is 3.50. The number of aryl methyl sites for hydroxylation is 1. The van der Waals surface area contributed by atoms with E-state index < -0.39 is 0 Å². The maximum Gasteiger partial charge on any atom is 0.183 e. The molecule has 5 nitrogen and oxygen atoms in total. The first-order chi connectivity index (χ1) is 9.65. The highest BCUT2D eigenvalue weighted by Crippen LogP contribution is 2.25. The third-order valence-electron chi connectivity index (χ3n) is 2.68. The van der Waals surface area contributed by atoms with E-state index in [1.165, 1.54) is 4.80 Å². The minimum Gasteiger partial charge on any atom is -0.231 e. The van der Waals surface area contributed by atoms with Gasteiger partial charge in [0, 0.05) is 0 Å². The molecule has 20 heavy (non-hydrogen) atoms. The highest BCUT2D eigenvalue weighted by Gasteiger charge is 2.12. The lowest BCUT2D eigenvalue weighted by molar-refractivity contribution is 0.752. The lowest BCUT2D eigenvalue weighted by Gasteiger charge is -2.02. The molecule has 0 fully saturated rings. The molecule has 0 radical (unpaired) electrons. The Morgan fingerprint density at radius 1 is 1.15 bits per heavy atom. The summed E-state index contributed by atoms with van der Waals surface area (Å²) in [7, 11) is 0. The van der Waals surface area contributed by atoms with Gasteiger partial charge in [0.1, 0.15) is 5.15 Å². The van der Waals surface area contributed by atoms with Gasteiger partial charge in [-0.05, 0) is 35.0 Å². The third-order valence-corrected chi connectivity index (χ3v) is 4.14. The van der Waals surface area contributed by atoms with E-state index in [9.17, 15) is 0 Å². The van der Waals surface area contributed by atoms with Crippen molar-refractivity contribution >= 4 is 27.5 Å². The molecule has 3 rings (SSSR count). The number of halogens is 2. The fraction of sp³-hybridized carbons (Fsp3) is 0.0769. The molecule has 7 heteroatoms. The Bertz CT molecular complexity index is 733. The summed E-state index contributed by atoms with van der Waals surface area (Å²) in [6, 6.07) is 9.63. The number of para-hydroxylation sites is 1. The van der Waals surface area contributed by atoms with Crippen LogP contribution in [0.25, 0.3) is 17.2 Å². The van der Waals surface area contributed by atoms with Crippen molar-refractivity contribution in [3.63, 3.8) is 0 Å². The van der Waals surface area contributed by atoms with Gasteiger partial charge in [-0.3, -0.25) is 0 Å². The molecule has 0 aliphatic rings. The van der Waals surface area contributed by atoms with Crippen molar-refractivity contribution in [1.29, 1.82) is 0 Å². The van der Waals surface area contributed by atoms with E-state index in [1.54, 1.807) is 6.20 Å². The van der Waals surface area contributed by atoms with E-state index >= 15 is 0 Å². The normalized spacial score (nSPS) is 10.8. The van der Waals surface area contributed by atoms with Gasteiger partial charge < -0.3 is 0 Å². The molecule has 0 aliphatic heterocycles.